The highest BCUT2D eigenvalue weighted by Gasteiger charge is 2.27. The molecular formula is C6H10N4O2. The lowest BCUT2D eigenvalue weighted by Crippen LogP contribution is -2.68. The lowest BCUT2D eigenvalue weighted by Gasteiger charge is -2.30. The first-order valence-corrected chi connectivity index (χ1v) is 3.36. The summed E-state index contributed by atoms with van der Waals surface area (Å²) in [5.41, 5.74) is 5.56. The molecule has 0 saturated heterocycles. The van der Waals surface area contributed by atoms with Gasteiger partial charge in [-0.1, -0.05) is 0 Å². The Labute approximate surface area is 69.2 Å². The monoisotopic (exact) mass is 170 g/mol. The van der Waals surface area contributed by atoms with Crippen molar-refractivity contribution < 1.29 is 9.59 Å². The average molecular weight is 170 g/mol. The van der Waals surface area contributed by atoms with Gasteiger partial charge >= 0.3 is 6.03 Å². The van der Waals surface area contributed by atoms with Gasteiger partial charge in [0.2, 0.25) is 5.91 Å². The first-order chi connectivity index (χ1) is 5.52. The van der Waals surface area contributed by atoms with Crippen LogP contribution in [-0.2, 0) is 4.79 Å². The normalized spacial score (nSPS) is 27.3. The molecule has 3 amide bonds. The van der Waals surface area contributed by atoms with E-state index in [2.05, 4.69) is 16.0 Å². The number of nitrogens with one attached hydrogen (secondary N) is 3. The van der Waals surface area contributed by atoms with Crippen LogP contribution < -0.4 is 21.7 Å². The topological polar surface area (TPSA) is 96.2 Å². The summed E-state index contributed by atoms with van der Waals surface area (Å²) >= 11 is 0. The summed E-state index contributed by atoms with van der Waals surface area (Å²) in [5, 5.41) is 7.05. The lowest BCUT2D eigenvalue weighted by molar-refractivity contribution is -0.120. The van der Waals surface area contributed by atoms with Crippen molar-refractivity contribution in [1.82, 2.24) is 16.0 Å². The summed E-state index contributed by atoms with van der Waals surface area (Å²) in [7, 11) is 0. The van der Waals surface area contributed by atoms with Crippen molar-refractivity contribution in [2.24, 2.45) is 5.73 Å². The third-order valence-corrected chi connectivity index (χ3v) is 1.26. The fourth-order valence-corrected chi connectivity index (χ4v) is 0.879. The van der Waals surface area contributed by atoms with Crippen LogP contribution in [0, 0.1) is 0 Å². The zero-order chi connectivity index (χ0) is 9.19. The Hall–Kier alpha value is -1.56. The molecule has 1 aliphatic heterocycles. The summed E-state index contributed by atoms with van der Waals surface area (Å²) in [5.74, 6) is -1.59. The third kappa shape index (κ3) is 1.96. The molecular weight excluding hydrogens is 160 g/mol. The minimum atomic E-state index is -1.27. The van der Waals surface area contributed by atoms with Crippen molar-refractivity contribution >= 4 is 11.9 Å². The molecule has 0 bridgehead atoms. The molecule has 0 spiro atoms. The van der Waals surface area contributed by atoms with Crippen molar-refractivity contribution in [3.05, 3.63) is 12.3 Å². The smallest absolute Gasteiger partial charge is 0.318 e. The second kappa shape index (κ2) is 2.82. The molecule has 0 saturated carbocycles. The molecule has 6 heteroatoms. The molecule has 1 rings (SSSR count). The van der Waals surface area contributed by atoms with Crippen molar-refractivity contribution in [3.8, 4) is 0 Å². The largest absolute Gasteiger partial charge is 0.321 e. The summed E-state index contributed by atoms with van der Waals surface area (Å²) in [4.78, 5) is 21.4. The van der Waals surface area contributed by atoms with Gasteiger partial charge < -0.3 is 10.6 Å². The van der Waals surface area contributed by atoms with Gasteiger partial charge in [-0.3, -0.25) is 15.8 Å². The van der Waals surface area contributed by atoms with Gasteiger partial charge in [0, 0.05) is 13.1 Å². The quantitative estimate of drug-likeness (QED) is 0.363. The van der Waals surface area contributed by atoms with Crippen LogP contribution in [-0.4, -0.2) is 17.7 Å². The fourth-order valence-electron chi connectivity index (χ4n) is 0.879. The number of nitrogens with two attached hydrogens (primary N) is 1. The van der Waals surface area contributed by atoms with E-state index in [0.717, 1.165) is 0 Å². The highest BCUT2D eigenvalue weighted by atomic mass is 16.2. The van der Waals surface area contributed by atoms with Crippen molar-refractivity contribution in [1.29, 1.82) is 0 Å². The second-order valence-electron chi connectivity index (χ2n) is 2.48. The van der Waals surface area contributed by atoms with Crippen LogP contribution in [0.25, 0.3) is 0 Å². The van der Waals surface area contributed by atoms with E-state index in [-0.39, 0.29) is 5.91 Å². The maximum Gasteiger partial charge on any atom is 0.321 e. The molecule has 66 valence electrons. The maximum atomic E-state index is 10.8. The van der Waals surface area contributed by atoms with Crippen molar-refractivity contribution in [3.63, 3.8) is 0 Å². The second-order valence-corrected chi connectivity index (χ2v) is 2.48. The van der Waals surface area contributed by atoms with Gasteiger partial charge in [-0.25, -0.2) is 4.79 Å². The number of hydrogen-bond donors (Lipinski definition) is 4. The van der Waals surface area contributed by atoms with E-state index < -0.39 is 11.8 Å². The Balaban J connectivity index is 2.70. The van der Waals surface area contributed by atoms with E-state index in [4.69, 9.17) is 5.73 Å². The third-order valence-electron chi connectivity index (χ3n) is 1.26. The standard InChI is InChI=1S/C6H10N4O2/c1-4(11)9-6(7)2-3-8-5(12)10-6/h2-3H,7H2,1H3,(H,9,11)(H2,8,10,12). The van der Waals surface area contributed by atoms with Crippen LogP contribution in [0.2, 0.25) is 0 Å². The molecule has 1 unspecified atom stereocenters. The maximum absolute atomic E-state index is 10.8. The lowest BCUT2D eigenvalue weighted by atomic mass is 10.3. The summed E-state index contributed by atoms with van der Waals surface area (Å²) < 4.78 is 0. The highest BCUT2D eigenvalue weighted by Crippen LogP contribution is 1.96. The fraction of sp³-hybridized carbons (Fsp3) is 0.333. The van der Waals surface area contributed by atoms with Gasteiger partial charge in [0.05, 0.1) is 0 Å². The SMILES string of the molecule is CC(=O)NC1(N)C=CNC(=O)N1. The predicted molar refractivity (Wildman–Crippen MR) is 41.5 cm³/mol. The van der Waals surface area contributed by atoms with Gasteiger partial charge in [0.25, 0.3) is 0 Å². The highest BCUT2D eigenvalue weighted by molar-refractivity contribution is 5.80. The molecule has 0 aliphatic carbocycles. The molecule has 0 aromatic rings. The molecule has 0 aromatic carbocycles. The van der Waals surface area contributed by atoms with Gasteiger partial charge in [-0.2, -0.15) is 0 Å². The summed E-state index contributed by atoms with van der Waals surface area (Å²) in [6, 6.07) is -0.450. The van der Waals surface area contributed by atoms with E-state index >= 15 is 0 Å². The Kier molecular flexibility index (Phi) is 2.01. The van der Waals surface area contributed by atoms with Crippen molar-refractivity contribution in [2.75, 3.05) is 0 Å². The molecule has 0 fully saturated rings. The number of carbonyl (C=O) groups excluding carboxylic acids is 2. The van der Waals surface area contributed by atoms with E-state index in [0.29, 0.717) is 0 Å². The number of urea groups is 1. The minimum absolute atomic E-state index is 0.315. The van der Waals surface area contributed by atoms with E-state index in [9.17, 15) is 9.59 Å². The molecule has 1 heterocycles. The molecule has 12 heavy (non-hydrogen) atoms. The van der Waals surface area contributed by atoms with Crippen LogP contribution in [0.15, 0.2) is 12.3 Å². The number of rotatable bonds is 1. The Morgan fingerprint density at radius 1 is 1.75 bits per heavy atom. The van der Waals surface area contributed by atoms with Gasteiger partial charge in [-0.05, 0) is 6.08 Å². The molecule has 5 N–H and O–H groups in total. The molecule has 6 nitrogen and oxygen atoms in total. The molecule has 0 radical (unpaired) electrons. The van der Waals surface area contributed by atoms with Gasteiger partial charge in [0.15, 0.2) is 5.79 Å². The first-order valence-electron chi connectivity index (χ1n) is 3.36. The van der Waals surface area contributed by atoms with Crippen molar-refractivity contribution in [2.45, 2.75) is 12.7 Å². The Bertz CT molecular complexity index is 250. The molecule has 1 atom stereocenters. The van der Waals surface area contributed by atoms with E-state index in [1.54, 1.807) is 0 Å². The average Bonchev–Trinajstić information content (AvgIpc) is 1.82. The summed E-state index contributed by atoms with van der Waals surface area (Å²) in [6.45, 7) is 1.32. The molecule has 1 aliphatic rings. The van der Waals surface area contributed by atoms with E-state index in [1.165, 1.54) is 19.2 Å². The predicted octanol–water partition coefficient (Wildman–Crippen LogP) is -1.44. The Morgan fingerprint density at radius 3 is 2.92 bits per heavy atom. The first kappa shape index (κ1) is 8.54. The minimum Gasteiger partial charge on any atom is -0.318 e. The number of hydrogen-bond acceptors (Lipinski definition) is 3. The van der Waals surface area contributed by atoms with Crippen LogP contribution in [0.4, 0.5) is 4.79 Å². The van der Waals surface area contributed by atoms with Crippen LogP contribution in [0.1, 0.15) is 6.92 Å². The van der Waals surface area contributed by atoms with Crippen LogP contribution in [0.5, 0.6) is 0 Å². The van der Waals surface area contributed by atoms with E-state index in [1.807, 2.05) is 0 Å². The summed E-state index contributed by atoms with van der Waals surface area (Å²) in [6.07, 6.45) is 2.81. The molecule has 0 aromatic heterocycles. The zero-order valence-corrected chi connectivity index (χ0v) is 6.55. The van der Waals surface area contributed by atoms with Gasteiger partial charge in [-0.15, -0.1) is 0 Å². The number of amides is 3. The van der Waals surface area contributed by atoms with Gasteiger partial charge in [0.1, 0.15) is 0 Å². The zero-order valence-electron chi connectivity index (χ0n) is 6.55. The number of carbonyl (C=O) groups is 2. The van der Waals surface area contributed by atoms with Crippen LogP contribution >= 0.6 is 0 Å². The van der Waals surface area contributed by atoms with Crippen LogP contribution in [0.3, 0.4) is 0 Å². The Morgan fingerprint density at radius 2 is 2.42 bits per heavy atom.